The minimum atomic E-state index is -1.18. The van der Waals surface area contributed by atoms with Crippen LogP contribution in [-0.2, 0) is 11.3 Å². The van der Waals surface area contributed by atoms with E-state index < -0.39 is 17.8 Å². The first-order valence-corrected chi connectivity index (χ1v) is 7.28. The lowest BCUT2D eigenvalue weighted by molar-refractivity contribution is 0.0601. The first-order chi connectivity index (χ1) is 12.0. The van der Waals surface area contributed by atoms with Crippen LogP contribution in [0, 0.1) is 0 Å². The molecule has 0 saturated carbocycles. The van der Waals surface area contributed by atoms with E-state index in [-0.39, 0.29) is 6.54 Å². The number of amides is 1. The van der Waals surface area contributed by atoms with Gasteiger partial charge in [0.1, 0.15) is 0 Å². The van der Waals surface area contributed by atoms with E-state index in [0.717, 1.165) is 0 Å². The highest BCUT2D eigenvalue weighted by atomic mass is 16.5. The molecule has 0 bridgehead atoms. The Labute approximate surface area is 141 Å². The van der Waals surface area contributed by atoms with Crippen molar-refractivity contribution in [1.82, 2.24) is 4.57 Å². The molecule has 8 nitrogen and oxygen atoms in total. The van der Waals surface area contributed by atoms with Crippen LogP contribution in [0.25, 0.3) is 11.1 Å². The van der Waals surface area contributed by atoms with E-state index in [1.54, 1.807) is 24.3 Å². The second kappa shape index (κ2) is 6.52. The summed E-state index contributed by atoms with van der Waals surface area (Å²) in [5, 5.41) is 11.0. The van der Waals surface area contributed by atoms with Gasteiger partial charge in [0.2, 0.25) is 0 Å². The number of aromatic nitrogens is 1. The molecule has 128 valence electrons. The van der Waals surface area contributed by atoms with Gasteiger partial charge in [0, 0.05) is 5.69 Å². The normalized spacial score (nSPS) is 10.6. The highest BCUT2D eigenvalue weighted by Crippen LogP contribution is 2.18. The van der Waals surface area contributed by atoms with Crippen molar-refractivity contribution in [1.29, 1.82) is 0 Å². The van der Waals surface area contributed by atoms with Crippen molar-refractivity contribution in [2.75, 3.05) is 12.4 Å². The Morgan fingerprint density at radius 3 is 2.76 bits per heavy atom. The summed E-state index contributed by atoms with van der Waals surface area (Å²) in [5.74, 6) is -1.09. The molecule has 8 heteroatoms. The largest absolute Gasteiger partial charge is 0.465 e. The number of anilines is 1. The Balaban J connectivity index is 2.01. The summed E-state index contributed by atoms with van der Waals surface area (Å²) in [5.41, 5.74) is 2.17. The number of ether oxygens (including phenoxy) is 1. The highest BCUT2D eigenvalue weighted by Gasteiger charge is 2.14. The molecule has 0 spiro atoms. The number of carboxylic acid groups (broad SMARTS) is 1. The van der Waals surface area contributed by atoms with Crippen LogP contribution in [0.2, 0.25) is 0 Å². The van der Waals surface area contributed by atoms with Gasteiger partial charge in [0.15, 0.2) is 5.58 Å². The zero-order valence-corrected chi connectivity index (χ0v) is 13.2. The number of benzene rings is 2. The molecule has 0 aliphatic rings. The first-order valence-electron chi connectivity index (χ1n) is 7.28. The van der Waals surface area contributed by atoms with E-state index in [1.807, 2.05) is 0 Å². The maximum atomic E-state index is 12.1. The average molecular weight is 342 g/mol. The monoisotopic (exact) mass is 342 g/mol. The van der Waals surface area contributed by atoms with Crippen LogP contribution >= 0.6 is 0 Å². The molecule has 3 aromatic rings. The van der Waals surface area contributed by atoms with E-state index in [4.69, 9.17) is 9.52 Å². The molecule has 0 saturated heterocycles. The van der Waals surface area contributed by atoms with Gasteiger partial charge in [0.05, 0.1) is 24.7 Å². The number of carbonyl (C=O) groups is 2. The topological polar surface area (TPSA) is 111 Å². The fourth-order valence-electron chi connectivity index (χ4n) is 2.51. The molecule has 0 aliphatic heterocycles. The molecule has 0 fully saturated rings. The fourth-order valence-corrected chi connectivity index (χ4v) is 2.51. The summed E-state index contributed by atoms with van der Waals surface area (Å²) >= 11 is 0. The smallest absolute Gasteiger partial charge is 0.420 e. The molecule has 3 rings (SSSR count). The van der Waals surface area contributed by atoms with Crippen LogP contribution in [0.5, 0.6) is 0 Å². The predicted molar refractivity (Wildman–Crippen MR) is 89.0 cm³/mol. The Hall–Kier alpha value is -3.55. The summed E-state index contributed by atoms with van der Waals surface area (Å²) < 4.78 is 11.2. The summed E-state index contributed by atoms with van der Waals surface area (Å²) in [4.78, 5) is 34.5. The van der Waals surface area contributed by atoms with E-state index >= 15 is 0 Å². The van der Waals surface area contributed by atoms with Gasteiger partial charge in [-0.1, -0.05) is 12.1 Å². The van der Waals surface area contributed by atoms with Gasteiger partial charge in [-0.3, -0.25) is 9.88 Å². The minimum Gasteiger partial charge on any atom is -0.465 e. The van der Waals surface area contributed by atoms with Crippen molar-refractivity contribution >= 4 is 28.8 Å². The maximum Gasteiger partial charge on any atom is 0.420 e. The molecule has 1 heterocycles. The van der Waals surface area contributed by atoms with Gasteiger partial charge in [-0.15, -0.1) is 0 Å². The first kappa shape index (κ1) is 16.3. The maximum absolute atomic E-state index is 12.1. The molecule has 1 amide bonds. The van der Waals surface area contributed by atoms with E-state index in [2.05, 4.69) is 10.1 Å². The Morgan fingerprint density at radius 2 is 2.04 bits per heavy atom. The van der Waals surface area contributed by atoms with Gasteiger partial charge < -0.3 is 14.3 Å². The van der Waals surface area contributed by atoms with Crippen LogP contribution in [-0.4, -0.2) is 28.8 Å². The van der Waals surface area contributed by atoms with Gasteiger partial charge in [-0.25, -0.2) is 14.4 Å². The number of rotatable bonds is 4. The summed E-state index contributed by atoms with van der Waals surface area (Å²) in [7, 11) is 1.27. The van der Waals surface area contributed by atoms with Crippen LogP contribution in [0.4, 0.5) is 10.5 Å². The summed E-state index contributed by atoms with van der Waals surface area (Å²) in [6.45, 7) is 0.158. The van der Waals surface area contributed by atoms with Crippen molar-refractivity contribution in [3.63, 3.8) is 0 Å². The van der Waals surface area contributed by atoms with Gasteiger partial charge >= 0.3 is 17.8 Å². The van der Waals surface area contributed by atoms with Crippen LogP contribution in [0.3, 0.4) is 0 Å². The number of nitrogens with one attached hydrogen (secondary N) is 1. The molecular weight excluding hydrogens is 328 g/mol. The number of oxazole rings is 1. The molecule has 0 aliphatic carbocycles. The molecule has 0 unspecified atom stereocenters. The molecule has 2 N–H and O–H groups in total. The second-order valence-corrected chi connectivity index (χ2v) is 5.26. The number of methoxy groups -OCH3 is 1. The number of nitrogens with zero attached hydrogens (tertiary/aromatic N) is 1. The minimum absolute atomic E-state index is 0.158. The van der Waals surface area contributed by atoms with Gasteiger partial charge in [0.25, 0.3) is 0 Å². The van der Waals surface area contributed by atoms with E-state index in [0.29, 0.717) is 27.9 Å². The summed E-state index contributed by atoms with van der Waals surface area (Å²) in [6.07, 6.45) is -1.18. The number of hydrogen-bond donors (Lipinski definition) is 2. The molecule has 0 radical (unpaired) electrons. The lowest BCUT2D eigenvalue weighted by Crippen LogP contribution is -2.15. The number of fused-ring (bicyclic) bond motifs is 1. The molecule has 2 aromatic carbocycles. The Bertz CT molecular complexity index is 1020. The fraction of sp³-hybridized carbons (Fsp3) is 0.118. The Morgan fingerprint density at radius 1 is 1.24 bits per heavy atom. The predicted octanol–water partition coefficient (Wildman–Crippen LogP) is 2.52. The van der Waals surface area contributed by atoms with Crippen molar-refractivity contribution in [3.05, 3.63) is 64.1 Å². The van der Waals surface area contributed by atoms with Crippen LogP contribution in [0.1, 0.15) is 15.9 Å². The zero-order valence-electron chi connectivity index (χ0n) is 13.2. The average Bonchev–Trinajstić information content (AvgIpc) is 2.89. The lowest BCUT2D eigenvalue weighted by Gasteiger charge is -2.06. The zero-order chi connectivity index (χ0) is 18.0. The highest BCUT2D eigenvalue weighted by molar-refractivity contribution is 5.93. The molecule has 25 heavy (non-hydrogen) atoms. The van der Waals surface area contributed by atoms with Gasteiger partial charge in [-0.05, 0) is 35.9 Å². The third-order valence-electron chi connectivity index (χ3n) is 3.61. The third kappa shape index (κ3) is 3.37. The van der Waals surface area contributed by atoms with Crippen molar-refractivity contribution in [2.45, 2.75) is 6.54 Å². The van der Waals surface area contributed by atoms with Gasteiger partial charge in [-0.2, -0.15) is 0 Å². The number of esters is 1. The van der Waals surface area contributed by atoms with E-state index in [1.165, 1.54) is 29.9 Å². The second-order valence-electron chi connectivity index (χ2n) is 5.26. The standard InChI is InChI=1S/C17H14N2O6/c1-24-15(20)11-5-6-14-13(8-11)19(17(23)25-14)9-10-3-2-4-12(7-10)18-16(21)22/h2-8,18H,9H2,1H3,(H,21,22). The third-order valence-corrected chi connectivity index (χ3v) is 3.61. The number of carbonyl (C=O) groups excluding carboxylic acids is 1. The van der Waals surface area contributed by atoms with Crippen LogP contribution < -0.4 is 11.1 Å². The molecular formula is C17H14N2O6. The Kier molecular flexibility index (Phi) is 4.25. The van der Waals surface area contributed by atoms with Crippen molar-refractivity contribution in [3.8, 4) is 0 Å². The lowest BCUT2D eigenvalue weighted by atomic mass is 10.1. The SMILES string of the molecule is COC(=O)c1ccc2oc(=O)n(Cc3cccc(NC(=O)O)c3)c2c1. The van der Waals surface area contributed by atoms with Crippen LogP contribution in [0.15, 0.2) is 51.7 Å². The number of hydrogen-bond acceptors (Lipinski definition) is 5. The summed E-state index contributed by atoms with van der Waals surface area (Å²) in [6, 6.07) is 11.2. The van der Waals surface area contributed by atoms with Crippen molar-refractivity contribution < 1.29 is 23.8 Å². The quantitative estimate of drug-likeness (QED) is 0.705. The van der Waals surface area contributed by atoms with Crippen molar-refractivity contribution in [2.24, 2.45) is 0 Å². The molecule has 1 aromatic heterocycles. The van der Waals surface area contributed by atoms with E-state index in [9.17, 15) is 14.4 Å². The molecule has 0 atom stereocenters.